The summed E-state index contributed by atoms with van der Waals surface area (Å²) in [5.41, 5.74) is 0. The van der Waals surface area contributed by atoms with E-state index in [0.717, 1.165) is 25.7 Å². The topological polar surface area (TPSA) is 76.9 Å². The molecule has 0 bridgehead atoms. The first kappa shape index (κ1) is 16.4. The second kappa shape index (κ2) is 7.35. The van der Waals surface area contributed by atoms with Crippen LogP contribution in [0.1, 0.15) is 46.0 Å². The Morgan fingerprint density at radius 2 is 1.81 bits per heavy atom. The molecule has 1 N–H and O–H groups in total. The second-order valence-corrected chi connectivity index (χ2v) is 8.14. The Morgan fingerprint density at radius 1 is 1.19 bits per heavy atom. The van der Waals surface area contributed by atoms with Gasteiger partial charge in [0.2, 0.25) is 10.0 Å². The lowest BCUT2D eigenvalue weighted by Crippen LogP contribution is -2.44. The number of nitrogens with zero attached hydrogens (tertiary/aromatic N) is 3. The molecule has 0 radical (unpaired) electrons. The van der Waals surface area contributed by atoms with E-state index in [1.165, 1.54) is 11.2 Å². The highest BCUT2D eigenvalue weighted by atomic mass is 32.2. The summed E-state index contributed by atoms with van der Waals surface area (Å²) in [7, 11) is -3.25. The van der Waals surface area contributed by atoms with Gasteiger partial charge in [0.1, 0.15) is 0 Å². The van der Waals surface area contributed by atoms with Gasteiger partial charge in [0.05, 0.1) is 24.7 Å². The van der Waals surface area contributed by atoms with Crippen LogP contribution in [0.5, 0.6) is 0 Å². The summed E-state index contributed by atoms with van der Waals surface area (Å²) in [4.78, 5) is 1.54. The van der Waals surface area contributed by atoms with Crippen LogP contribution in [0.4, 0.5) is 0 Å². The lowest BCUT2D eigenvalue weighted by atomic mass is 9.91. The average Bonchev–Trinajstić information content (AvgIpc) is 2.91. The molecular weight excluding hydrogens is 288 g/mol. The number of hydrogen-bond donors (Lipinski definition) is 1. The minimum Gasteiger partial charge on any atom is -0.212 e. The number of hydrogen-bond acceptors (Lipinski definition) is 4. The third-order valence-electron chi connectivity index (χ3n) is 4.14. The first-order chi connectivity index (χ1) is 9.96. The maximum absolute atomic E-state index is 12.4. The van der Waals surface area contributed by atoms with Gasteiger partial charge in [-0.15, -0.1) is 0 Å². The van der Waals surface area contributed by atoms with Crippen LogP contribution in [0, 0.1) is 11.8 Å². The Balaban J connectivity index is 1.94. The summed E-state index contributed by atoms with van der Waals surface area (Å²) < 4.78 is 27.6. The summed E-state index contributed by atoms with van der Waals surface area (Å²) >= 11 is 0. The fourth-order valence-corrected chi connectivity index (χ4v) is 4.70. The Kier molecular flexibility index (Phi) is 5.75. The number of sulfonamides is 1. The van der Waals surface area contributed by atoms with Crippen molar-refractivity contribution in [1.29, 1.82) is 0 Å². The predicted molar refractivity (Wildman–Crippen MR) is 82.1 cm³/mol. The lowest BCUT2D eigenvalue weighted by Gasteiger charge is -2.25. The van der Waals surface area contributed by atoms with Gasteiger partial charge in [-0.3, -0.25) is 0 Å². The van der Waals surface area contributed by atoms with E-state index >= 15 is 0 Å². The van der Waals surface area contributed by atoms with Crippen molar-refractivity contribution in [3.8, 4) is 0 Å². The molecule has 0 spiro atoms. The van der Waals surface area contributed by atoms with Crippen LogP contribution in [-0.4, -0.2) is 35.2 Å². The Labute approximate surface area is 127 Å². The van der Waals surface area contributed by atoms with Gasteiger partial charge in [0.15, 0.2) is 0 Å². The van der Waals surface area contributed by atoms with Gasteiger partial charge in [0, 0.05) is 6.04 Å². The maximum atomic E-state index is 12.4. The average molecular weight is 314 g/mol. The molecule has 0 aromatic carbocycles. The van der Waals surface area contributed by atoms with E-state index in [1.54, 1.807) is 12.4 Å². The minimum absolute atomic E-state index is 0.175. The number of aromatic nitrogens is 3. The van der Waals surface area contributed by atoms with Crippen LogP contribution in [0.2, 0.25) is 0 Å². The van der Waals surface area contributed by atoms with Crippen molar-refractivity contribution < 1.29 is 8.42 Å². The highest BCUT2D eigenvalue weighted by Gasteiger charge is 2.25. The zero-order chi connectivity index (χ0) is 15.3. The summed E-state index contributed by atoms with van der Waals surface area (Å²) in [5.74, 6) is 0.756. The van der Waals surface area contributed by atoms with Gasteiger partial charge in [-0.05, 0) is 24.7 Å². The van der Waals surface area contributed by atoms with Crippen LogP contribution in [0.3, 0.4) is 0 Å². The Hall–Kier alpha value is -0.950. The molecule has 1 aromatic heterocycles. The quantitative estimate of drug-likeness (QED) is 0.832. The van der Waals surface area contributed by atoms with Crippen LogP contribution in [0.15, 0.2) is 12.4 Å². The molecule has 7 heteroatoms. The summed E-state index contributed by atoms with van der Waals surface area (Å²) in [6, 6.07) is -0.175. The van der Waals surface area contributed by atoms with E-state index in [1.807, 2.05) is 13.8 Å². The second-order valence-electron chi connectivity index (χ2n) is 6.34. The standard InChI is InChI=1S/C14H26N4O2S/c1-12(2)14(10-18-15-8-9-16-18)17-21(19,20)11-13-6-4-3-5-7-13/h8-9,12-14,17H,3-7,10-11H2,1-2H3. The van der Waals surface area contributed by atoms with Crippen LogP contribution < -0.4 is 4.72 Å². The molecule has 0 aliphatic heterocycles. The van der Waals surface area contributed by atoms with Crippen molar-refractivity contribution in [1.82, 2.24) is 19.7 Å². The SMILES string of the molecule is CC(C)C(Cn1nccn1)NS(=O)(=O)CC1CCCCC1. The lowest BCUT2D eigenvalue weighted by molar-refractivity contribution is 0.354. The monoisotopic (exact) mass is 314 g/mol. The van der Waals surface area contributed by atoms with Crippen LogP contribution in [-0.2, 0) is 16.6 Å². The van der Waals surface area contributed by atoms with Gasteiger partial charge in [-0.25, -0.2) is 13.1 Å². The van der Waals surface area contributed by atoms with Crippen molar-refractivity contribution in [2.45, 2.75) is 58.5 Å². The molecule has 1 saturated carbocycles. The van der Waals surface area contributed by atoms with E-state index in [9.17, 15) is 8.42 Å². The fourth-order valence-electron chi connectivity index (χ4n) is 2.84. The third-order valence-corrected chi connectivity index (χ3v) is 5.71. The largest absolute Gasteiger partial charge is 0.212 e. The molecule has 1 aromatic rings. The zero-order valence-electron chi connectivity index (χ0n) is 12.9. The smallest absolute Gasteiger partial charge is 0.212 e. The summed E-state index contributed by atoms with van der Waals surface area (Å²) in [6.45, 7) is 4.49. The van der Waals surface area contributed by atoms with Gasteiger partial charge in [-0.2, -0.15) is 15.0 Å². The molecule has 1 atom stereocenters. The highest BCUT2D eigenvalue weighted by molar-refractivity contribution is 7.89. The van der Waals surface area contributed by atoms with E-state index < -0.39 is 10.0 Å². The molecular formula is C14H26N4O2S. The fraction of sp³-hybridized carbons (Fsp3) is 0.857. The molecule has 1 heterocycles. The van der Waals surface area contributed by atoms with Gasteiger partial charge in [0.25, 0.3) is 0 Å². The minimum atomic E-state index is -3.25. The van der Waals surface area contributed by atoms with E-state index in [-0.39, 0.29) is 17.7 Å². The van der Waals surface area contributed by atoms with Crippen LogP contribution >= 0.6 is 0 Å². The molecule has 1 aliphatic carbocycles. The van der Waals surface area contributed by atoms with Gasteiger partial charge in [-0.1, -0.05) is 33.1 Å². The van der Waals surface area contributed by atoms with Gasteiger partial charge < -0.3 is 0 Å². The third kappa shape index (κ3) is 5.39. The molecule has 1 fully saturated rings. The molecule has 2 rings (SSSR count). The van der Waals surface area contributed by atoms with E-state index in [2.05, 4.69) is 14.9 Å². The Bertz CT molecular complexity index is 507. The van der Waals surface area contributed by atoms with Crippen molar-refractivity contribution in [2.24, 2.45) is 11.8 Å². The zero-order valence-corrected chi connectivity index (χ0v) is 13.7. The summed E-state index contributed by atoms with van der Waals surface area (Å²) in [5, 5.41) is 8.11. The maximum Gasteiger partial charge on any atom is 0.212 e. The van der Waals surface area contributed by atoms with E-state index in [0.29, 0.717) is 12.5 Å². The summed E-state index contributed by atoms with van der Waals surface area (Å²) in [6.07, 6.45) is 8.84. The highest BCUT2D eigenvalue weighted by Crippen LogP contribution is 2.24. The van der Waals surface area contributed by atoms with Crippen molar-refractivity contribution in [3.05, 3.63) is 12.4 Å². The molecule has 0 saturated heterocycles. The molecule has 1 aliphatic rings. The number of rotatable bonds is 7. The normalized spacial score (nSPS) is 19.0. The number of nitrogens with one attached hydrogen (secondary N) is 1. The van der Waals surface area contributed by atoms with Crippen molar-refractivity contribution >= 4 is 10.0 Å². The first-order valence-electron chi connectivity index (χ1n) is 7.80. The van der Waals surface area contributed by atoms with Gasteiger partial charge >= 0.3 is 0 Å². The molecule has 120 valence electrons. The van der Waals surface area contributed by atoms with Crippen molar-refractivity contribution in [2.75, 3.05) is 5.75 Å². The predicted octanol–water partition coefficient (Wildman–Crippen LogP) is 1.80. The first-order valence-corrected chi connectivity index (χ1v) is 9.45. The van der Waals surface area contributed by atoms with E-state index in [4.69, 9.17) is 0 Å². The van der Waals surface area contributed by atoms with Crippen LogP contribution in [0.25, 0.3) is 0 Å². The molecule has 1 unspecified atom stereocenters. The Morgan fingerprint density at radius 3 is 2.38 bits per heavy atom. The molecule has 21 heavy (non-hydrogen) atoms. The van der Waals surface area contributed by atoms with Crippen molar-refractivity contribution in [3.63, 3.8) is 0 Å². The molecule has 0 amide bonds. The molecule has 6 nitrogen and oxygen atoms in total.